The van der Waals surface area contributed by atoms with Crippen molar-refractivity contribution in [1.82, 2.24) is 4.98 Å². The zero-order valence-electron chi connectivity index (χ0n) is 12.5. The van der Waals surface area contributed by atoms with Crippen molar-refractivity contribution in [2.45, 2.75) is 6.92 Å². The Morgan fingerprint density at radius 2 is 1.82 bits per heavy atom. The molecule has 1 aromatic heterocycles. The largest absolute Gasteiger partial charge is 0.367 e. The van der Waals surface area contributed by atoms with Crippen molar-refractivity contribution in [2.75, 3.05) is 36.0 Å². The van der Waals surface area contributed by atoms with Gasteiger partial charge in [-0.2, -0.15) is 0 Å². The lowest BCUT2D eigenvalue weighted by molar-refractivity contribution is 0.101. The Hall–Kier alpha value is -2.43. The summed E-state index contributed by atoms with van der Waals surface area (Å²) in [5.41, 5.74) is 1.26. The van der Waals surface area contributed by atoms with Crippen molar-refractivity contribution in [2.24, 2.45) is 0 Å². The molecule has 1 saturated heterocycles. The number of rotatable bonds is 3. The third kappa shape index (κ3) is 2.93. The summed E-state index contributed by atoms with van der Waals surface area (Å²) in [6, 6.07) is 10.3. The van der Waals surface area contributed by atoms with E-state index in [0.717, 1.165) is 37.7 Å². The van der Waals surface area contributed by atoms with E-state index in [1.54, 1.807) is 12.3 Å². The smallest absolute Gasteiger partial charge is 0.161 e. The lowest BCUT2D eigenvalue weighted by atomic mass is 10.1. The molecule has 4 nitrogen and oxygen atoms in total. The maximum atomic E-state index is 13.4. The van der Waals surface area contributed by atoms with Gasteiger partial charge in [-0.05, 0) is 37.3 Å². The van der Waals surface area contributed by atoms with E-state index in [0.29, 0.717) is 5.56 Å². The van der Waals surface area contributed by atoms with Gasteiger partial charge in [0.25, 0.3) is 0 Å². The van der Waals surface area contributed by atoms with Crippen LogP contribution in [0.5, 0.6) is 0 Å². The second kappa shape index (κ2) is 6.13. The fourth-order valence-corrected chi connectivity index (χ4v) is 2.78. The standard InChI is InChI=1S/C17H18FN3O/c1-13(22)15-12-14(18)5-6-16(15)20-8-10-21(11-9-20)17-4-2-3-7-19-17/h2-7,12H,8-11H2,1H3. The summed E-state index contributed by atoms with van der Waals surface area (Å²) < 4.78 is 13.4. The molecule has 114 valence electrons. The average Bonchev–Trinajstić information content (AvgIpc) is 2.56. The Labute approximate surface area is 129 Å². The fourth-order valence-electron chi connectivity index (χ4n) is 2.78. The molecular weight excluding hydrogens is 281 g/mol. The van der Waals surface area contributed by atoms with Crippen LogP contribution in [0.25, 0.3) is 0 Å². The molecule has 0 saturated carbocycles. The number of Topliss-reactive ketones (excluding diaryl/α,β-unsaturated/α-hetero) is 1. The molecule has 1 aromatic carbocycles. The highest BCUT2D eigenvalue weighted by Crippen LogP contribution is 2.24. The molecule has 0 unspecified atom stereocenters. The third-order valence-corrected chi connectivity index (χ3v) is 3.93. The second-order valence-corrected chi connectivity index (χ2v) is 5.38. The number of nitrogens with zero attached hydrogens (tertiary/aromatic N) is 3. The predicted molar refractivity (Wildman–Crippen MR) is 85.1 cm³/mol. The molecule has 5 heteroatoms. The van der Waals surface area contributed by atoms with Crippen LogP contribution in [0.15, 0.2) is 42.6 Å². The maximum Gasteiger partial charge on any atom is 0.161 e. The SMILES string of the molecule is CC(=O)c1cc(F)ccc1N1CCN(c2ccccn2)CC1. The number of anilines is 2. The third-order valence-electron chi connectivity index (χ3n) is 3.93. The molecule has 2 heterocycles. The van der Waals surface area contributed by atoms with Crippen LogP contribution in [-0.4, -0.2) is 36.9 Å². The molecule has 3 rings (SSSR count). The highest BCUT2D eigenvalue weighted by molar-refractivity contribution is 5.99. The van der Waals surface area contributed by atoms with E-state index in [2.05, 4.69) is 14.8 Å². The topological polar surface area (TPSA) is 36.4 Å². The van der Waals surface area contributed by atoms with Gasteiger partial charge in [0.15, 0.2) is 5.78 Å². The van der Waals surface area contributed by atoms with E-state index >= 15 is 0 Å². The van der Waals surface area contributed by atoms with E-state index in [9.17, 15) is 9.18 Å². The van der Waals surface area contributed by atoms with Gasteiger partial charge in [-0.25, -0.2) is 9.37 Å². The Balaban J connectivity index is 1.76. The molecular formula is C17H18FN3O. The summed E-state index contributed by atoms with van der Waals surface area (Å²) in [4.78, 5) is 20.4. The zero-order valence-corrected chi connectivity index (χ0v) is 12.5. The van der Waals surface area contributed by atoms with Gasteiger partial charge in [-0.15, -0.1) is 0 Å². The number of ketones is 1. The van der Waals surface area contributed by atoms with Crippen molar-refractivity contribution >= 4 is 17.3 Å². The summed E-state index contributed by atoms with van der Waals surface area (Å²) >= 11 is 0. The molecule has 0 atom stereocenters. The molecule has 0 amide bonds. The van der Waals surface area contributed by atoms with Gasteiger partial charge in [0, 0.05) is 43.6 Å². The van der Waals surface area contributed by atoms with E-state index in [1.165, 1.54) is 19.1 Å². The van der Waals surface area contributed by atoms with Crippen molar-refractivity contribution < 1.29 is 9.18 Å². The minimum Gasteiger partial charge on any atom is -0.367 e. The number of aromatic nitrogens is 1. The first-order valence-electron chi connectivity index (χ1n) is 7.36. The predicted octanol–water partition coefficient (Wildman–Crippen LogP) is 2.75. The molecule has 0 radical (unpaired) electrons. The number of halogens is 1. The van der Waals surface area contributed by atoms with Crippen molar-refractivity contribution in [3.05, 3.63) is 54.0 Å². The average molecular weight is 299 g/mol. The second-order valence-electron chi connectivity index (χ2n) is 5.38. The van der Waals surface area contributed by atoms with Crippen LogP contribution in [0.2, 0.25) is 0 Å². The highest BCUT2D eigenvalue weighted by atomic mass is 19.1. The molecule has 1 aliphatic rings. The highest BCUT2D eigenvalue weighted by Gasteiger charge is 2.21. The van der Waals surface area contributed by atoms with E-state index in [1.807, 2.05) is 18.2 Å². The molecule has 22 heavy (non-hydrogen) atoms. The van der Waals surface area contributed by atoms with Gasteiger partial charge in [0.2, 0.25) is 0 Å². The van der Waals surface area contributed by atoms with Gasteiger partial charge in [0.05, 0.1) is 0 Å². The van der Waals surface area contributed by atoms with Gasteiger partial charge in [0.1, 0.15) is 11.6 Å². The van der Waals surface area contributed by atoms with Gasteiger partial charge >= 0.3 is 0 Å². The van der Waals surface area contributed by atoms with Crippen molar-refractivity contribution in [3.8, 4) is 0 Å². The Morgan fingerprint density at radius 3 is 2.45 bits per heavy atom. The molecule has 1 fully saturated rings. The van der Waals surface area contributed by atoms with Crippen LogP contribution >= 0.6 is 0 Å². The van der Waals surface area contributed by atoms with Gasteiger partial charge < -0.3 is 9.80 Å². The summed E-state index contributed by atoms with van der Waals surface area (Å²) in [5.74, 6) is 0.482. The summed E-state index contributed by atoms with van der Waals surface area (Å²) in [5, 5.41) is 0. The molecule has 0 aliphatic carbocycles. The van der Waals surface area contributed by atoms with Gasteiger partial charge in [-0.1, -0.05) is 6.07 Å². The Kier molecular flexibility index (Phi) is 4.04. The number of piperazine rings is 1. The molecule has 0 bridgehead atoms. The van der Waals surface area contributed by atoms with Crippen LogP contribution in [0.1, 0.15) is 17.3 Å². The Morgan fingerprint density at radius 1 is 1.09 bits per heavy atom. The quantitative estimate of drug-likeness (QED) is 0.817. The van der Waals surface area contributed by atoms with Crippen LogP contribution < -0.4 is 9.80 Å². The summed E-state index contributed by atoms with van der Waals surface area (Å²) in [6.07, 6.45) is 1.79. The van der Waals surface area contributed by atoms with Gasteiger partial charge in [-0.3, -0.25) is 4.79 Å². The van der Waals surface area contributed by atoms with E-state index < -0.39 is 0 Å². The minimum atomic E-state index is -0.374. The number of pyridine rings is 1. The van der Waals surface area contributed by atoms with Crippen molar-refractivity contribution in [1.29, 1.82) is 0 Å². The molecule has 0 spiro atoms. The monoisotopic (exact) mass is 299 g/mol. The zero-order chi connectivity index (χ0) is 15.5. The maximum absolute atomic E-state index is 13.4. The normalized spacial score (nSPS) is 15.0. The summed E-state index contributed by atoms with van der Waals surface area (Å²) in [7, 11) is 0. The first-order valence-corrected chi connectivity index (χ1v) is 7.36. The number of benzene rings is 1. The fraction of sp³-hybridized carbons (Fsp3) is 0.294. The van der Waals surface area contributed by atoms with Crippen LogP contribution in [0, 0.1) is 5.82 Å². The summed E-state index contributed by atoms with van der Waals surface area (Å²) in [6.45, 7) is 4.69. The number of carbonyl (C=O) groups excluding carboxylic acids is 1. The van der Waals surface area contributed by atoms with Crippen LogP contribution in [0.4, 0.5) is 15.9 Å². The van der Waals surface area contributed by atoms with Crippen molar-refractivity contribution in [3.63, 3.8) is 0 Å². The Bertz CT molecular complexity index is 667. The van der Waals surface area contributed by atoms with Crippen LogP contribution in [-0.2, 0) is 0 Å². The van der Waals surface area contributed by atoms with E-state index in [-0.39, 0.29) is 11.6 Å². The molecule has 2 aromatic rings. The first kappa shape index (κ1) is 14.5. The number of hydrogen-bond acceptors (Lipinski definition) is 4. The van der Waals surface area contributed by atoms with E-state index in [4.69, 9.17) is 0 Å². The number of hydrogen-bond donors (Lipinski definition) is 0. The lowest BCUT2D eigenvalue weighted by Gasteiger charge is -2.37. The lowest BCUT2D eigenvalue weighted by Crippen LogP contribution is -2.47. The van der Waals surface area contributed by atoms with Crippen LogP contribution in [0.3, 0.4) is 0 Å². The molecule has 0 N–H and O–H groups in total. The first-order chi connectivity index (χ1) is 10.6. The minimum absolute atomic E-state index is 0.110. The number of carbonyl (C=O) groups is 1. The molecule has 1 aliphatic heterocycles.